The third kappa shape index (κ3) is 4.82. The van der Waals surface area contributed by atoms with Gasteiger partial charge in [0.15, 0.2) is 0 Å². The SMILES string of the molecule is CC(C)c1ccccc1Nc1nc(Nc2ccc(C#N)cc2)ncc1C(F)(F)F. The predicted molar refractivity (Wildman–Crippen MR) is 105 cm³/mol. The van der Waals surface area contributed by atoms with Gasteiger partial charge in [-0.2, -0.15) is 23.4 Å². The van der Waals surface area contributed by atoms with Crippen LogP contribution in [0.2, 0.25) is 0 Å². The zero-order valence-electron chi connectivity index (χ0n) is 15.7. The van der Waals surface area contributed by atoms with E-state index >= 15 is 0 Å². The van der Waals surface area contributed by atoms with Gasteiger partial charge in [0.05, 0.1) is 11.6 Å². The summed E-state index contributed by atoms with van der Waals surface area (Å²) >= 11 is 0. The first-order valence-corrected chi connectivity index (χ1v) is 8.85. The molecule has 0 fully saturated rings. The lowest BCUT2D eigenvalue weighted by Crippen LogP contribution is -2.13. The Hall–Kier alpha value is -3.60. The maximum absolute atomic E-state index is 13.5. The molecule has 0 radical (unpaired) electrons. The molecule has 3 rings (SSSR count). The number of rotatable bonds is 5. The predicted octanol–water partition coefficient (Wildman–Crippen LogP) is 5.98. The van der Waals surface area contributed by atoms with Gasteiger partial charge in [0, 0.05) is 17.6 Å². The second kappa shape index (κ2) is 8.19. The molecule has 0 spiro atoms. The topological polar surface area (TPSA) is 73.6 Å². The Morgan fingerprint density at radius 2 is 1.69 bits per heavy atom. The Balaban J connectivity index is 1.97. The molecule has 3 aromatic rings. The van der Waals surface area contributed by atoms with E-state index in [2.05, 4.69) is 20.6 Å². The monoisotopic (exact) mass is 397 g/mol. The molecule has 0 bridgehead atoms. The summed E-state index contributed by atoms with van der Waals surface area (Å²) in [7, 11) is 0. The standard InChI is InChI=1S/C21H18F3N5/c1-13(2)16-5-3-4-6-18(16)28-19-17(21(22,23)24)12-26-20(29-19)27-15-9-7-14(11-25)8-10-15/h3-10,12-13H,1-2H3,(H2,26,27,28,29). The quantitative estimate of drug-likeness (QED) is 0.554. The molecular formula is C21H18F3N5. The zero-order valence-corrected chi connectivity index (χ0v) is 15.7. The number of nitrogens with one attached hydrogen (secondary N) is 2. The number of nitrogens with zero attached hydrogens (tertiary/aromatic N) is 3. The van der Waals surface area contributed by atoms with Crippen molar-refractivity contribution in [1.82, 2.24) is 9.97 Å². The van der Waals surface area contributed by atoms with Gasteiger partial charge in [0.2, 0.25) is 5.95 Å². The molecule has 0 aliphatic heterocycles. The lowest BCUT2D eigenvalue weighted by Gasteiger charge is -2.18. The first-order chi connectivity index (χ1) is 13.8. The summed E-state index contributed by atoms with van der Waals surface area (Å²) in [6, 6.07) is 15.6. The summed E-state index contributed by atoms with van der Waals surface area (Å²) < 4.78 is 40.4. The molecule has 2 N–H and O–H groups in total. The Morgan fingerprint density at radius 3 is 2.31 bits per heavy atom. The fraction of sp³-hybridized carbons (Fsp3) is 0.190. The molecule has 148 valence electrons. The second-order valence-electron chi connectivity index (χ2n) is 6.63. The summed E-state index contributed by atoms with van der Waals surface area (Å²) in [4.78, 5) is 7.85. The minimum atomic E-state index is -4.61. The minimum Gasteiger partial charge on any atom is -0.339 e. The van der Waals surface area contributed by atoms with E-state index < -0.39 is 11.7 Å². The normalized spacial score (nSPS) is 11.2. The number of nitriles is 1. The third-order valence-corrected chi connectivity index (χ3v) is 4.20. The van der Waals surface area contributed by atoms with Crippen molar-refractivity contribution in [2.24, 2.45) is 0 Å². The number of benzene rings is 2. The highest BCUT2D eigenvalue weighted by atomic mass is 19.4. The number of alkyl halides is 3. The molecule has 0 unspecified atom stereocenters. The van der Waals surface area contributed by atoms with Crippen molar-refractivity contribution in [3.8, 4) is 6.07 Å². The lowest BCUT2D eigenvalue weighted by atomic mass is 10.0. The molecule has 0 saturated heterocycles. The van der Waals surface area contributed by atoms with E-state index in [9.17, 15) is 13.2 Å². The van der Waals surface area contributed by atoms with Crippen molar-refractivity contribution in [3.63, 3.8) is 0 Å². The number of halogens is 3. The van der Waals surface area contributed by atoms with E-state index in [0.29, 0.717) is 16.9 Å². The average molecular weight is 397 g/mol. The summed E-state index contributed by atoms with van der Waals surface area (Å²) in [5.74, 6) is -0.213. The highest BCUT2D eigenvalue weighted by Crippen LogP contribution is 2.36. The van der Waals surface area contributed by atoms with Crippen LogP contribution in [0.15, 0.2) is 54.7 Å². The van der Waals surface area contributed by atoms with Crippen LogP contribution in [0.1, 0.15) is 36.5 Å². The number of hydrogen-bond acceptors (Lipinski definition) is 5. The van der Waals surface area contributed by atoms with Gasteiger partial charge in [-0.15, -0.1) is 0 Å². The Labute approximate surface area is 166 Å². The van der Waals surface area contributed by atoms with Crippen molar-refractivity contribution in [1.29, 1.82) is 5.26 Å². The summed E-state index contributed by atoms with van der Waals surface area (Å²) in [6.07, 6.45) is -3.86. The van der Waals surface area contributed by atoms with E-state index in [0.717, 1.165) is 11.8 Å². The maximum atomic E-state index is 13.5. The van der Waals surface area contributed by atoms with Crippen molar-refractivity contribution < 1.29 is 13.2 Å². The second-order valence-corrected chi connectivity index (χ2v) is 6.63. The molecule has 0 saturated carbocycles. The zero-order chi connectivity index (χ0) is 21.0. The highest BCUT2D eigenvalue weighted by Gasteiger charge is 2.35. The van der Waals surface area contributed by atoms with E-state index in [1.807, 2.05) is 32.0 Å². The molecule has 0 amide bonds. The van der Waals surface area contributed by atoms with Crippen LogP contribution < -0.4 is 10.6 Å². The van der Waals surface area contributed by atoms with Gasteiger partial charge in [0.25, 0.3) is 0 Å². The summed E-state index contributed by atoms with van der Waals surface area (Å²) in [5, 5.41) is 14.5. The third-order valence-electron chi connectivity index (χ3n) is 4.20. The molecule has 1 aromatic heterocycles. The van der Waals surface area contributed by atoms with Crippen LogP contribution in [-0.2, 0) is 6.18 Å². The maximum Gasteiger partial charge on any atom is 0.421 e. The first kappa shape index (κ1) is 20.1. The fourth-order valence-corrected chi connectivity index (χ4v) is 2.74. The molecular weight excluding hydrogens is 379 g/mol. The average Bonchev–Trinajstić information content (AvgIpc) is 2.68. The number of anilines is 4. The fourth-order valence-electron chi connectivity index (χ4n) is 2.74. The van der Waals surface area contributed by atoms with E-state index in [4.69, 9.17) is 5.26 Å². The van der Waals surface area contributed by atoms with E-state index in [-0.39, 0.29) is 17.7 Å². The minimum absolute atomic E-state index is 0.00670. The van der Waals surface area contributed by atoms with Crippen LogP contribution >= 0.6 is 0 Å². The van der Waals surface area contributed by atoms with Crippen molar-refractivity contribution in [3.05, 3.63) is 71.4 Å². The van der Waals surface area contributed by atoms with E-state index in [1.54, 1.807) is 36.4 Å². The van der Waals surface area contributed by atoms with Crippen LogP contribution in [0.25, 0.3) is 0 Å². The van der Waals surface area contributed by atoms with Crippen LogP contribution in [0.3, 0.4) is 0 Å². The van der Waals surface area contributed by atoms with E-state index in [1.165, 1.54) is 0 Å². The van der Waals surface area contributed by atoms with Gasteiger partial charge in [-0.05, 0) is 41.8 Å². The molecule has 5 nitrogen and oxygen atoms in total. The van der Waals surface area contributed by atoms with Crippen LogP contribution in [0.4, 0.5) is 36.3 Å². The van der Waals surface area contributed by atoms with Gasteiger partial charge < -0.3 is 10.6 Å². The highest BCUT2D eigenvalue weighted by molar-refractivity contribution is 5.66. The largest absolute Gasteiger partial charge is 0.421 e. The van der Waals surface area contributed by atoms with Gasteiger partial charge in [-0.25, -0.2) is 4.98 Å². The molecule has 0 aliphatic rings. The Bertz CT molecular complexity index is 1040. The van der Waals surface area contributed by atoms with Gasteiger partial charge in [0.1, 0.15) is 11.4 Å². The Kier molecular flexibility index (Phi) is 5.69. The van der Waals surface area contributed by atoms with Gasteiger partial charge >= 0.3 is 6.18 Å². The van der Waals surface area contributed by atoms with Crippen molar-refractivity contribution in [2.75, 3.05) is 10.6 Å². The van der Waals surface area contributed by atoms with Crippen LogP contribution in [0.5, 0.6) is 0 Å². The van der Waals surface area contributed by atoms with Crippen molar-refractivity contribution >= 4 is 23.1 Å². The molecule has 29 heavy (non-hydrogen) atoms. The van der Waals surface area contributed by atoms with Crippen molar-refractivity contribution in [2.45, 2.75) is 25.9 Å². The lowest BCUT2D eigenvalue weighted by molar-refractivity contribution is -0.137. The number of para-hydroxylation sites is 1. The summed E-state index contributed by atoms with van der Waals surface area (Å²) in [5.41, 5.74) is 1.49. The molecule has 2 aromatic carbocycles. The number of aromatic nitrogens is 2. The summed E-state index contributed by atoms with van der Waals surface area (Å²) in [6.45, 7) is 3.92. The van der Waals surface area contributed by atoms with Gasteiger partial charge in [-0.1, -0.05) is 32.0 Å². The van der Waals surface area contributed by atoms with Gasteiger partial charge in [-0.3, -0.25) is 0 Å². The molecule has 1 heterocycles. The van der Waals surface area contributed by atoms with Crippen LogP contribution in [0, 0.1) is 11.3 Å². The number of hydrogen-bond donors (Lipinski definition) is 2. The Morgan fingerprint density at radius 1 is 1.00 bits per heavy atom. The smallest absolute Gasteiger partial charge is 0.339 e. The van der Waals surface area contributed by atoms with Crippen LogP contribution in [-0.4, -0.2) is 9.97 Å². The molecule has 0 aliphatic carbocycles. The first-order valence-electron chi connectivity index (χ1n) is 8.85. The molecule has 0 atom stereocenters. The molecule has 8 heteroatoms.